The molecule has 1 aliphatic heterocycles. The van der Waals surface area contributed by atoms with Gasteiger partial charge in [0.15, 0.2) is 0 Å². The Bertz CT molecular complexity index is 652. The summed E-state index contributed by atoms with van der Waals surface area (Å²) in [6.45, 7) is 4.79. The summed E-state index contributed by atoms with van der Waals surface area (Å²) < 4.78 is 0. The van der Waals surface area contributed by atoms with E-state index in [4.69, 9.17) is 11.6 Å². The van der Waals surface area contributed by atoms with Crippen LogP contribution in [0, 0.1) is 6.92 Å². The van der Waals surface area contributed by atoms with E-state index in [1.807, 2.05) is 17.9 Å². The molecule has 0 aliphatic carbocycles. The summed E-state index contributed by atoms with van der Waals surface area (Å²) in [4.78, 5) is 25.4. The molecule has 1 fully saturated rings. The van der Waals surface area contributed by atoms with Gasteiger partial charge in [-0.05, 0) is 13.0 Å². The van der Waals surface area contributed by atoms with Crippen molar-refractivity contribution in [3.63, 3.8) is 0 Å². The third kappa shape index (κ3) is 2.87. The van der Waals surface area contributed by atoms with E-state index >= 15 is 0 Å². The fourth-order valence-electron chi connectivity index (χ4n) is 2.43. The summed E-state index contributed by atoms with van der Waals surface area (Å²) in [6, 6.07) is 1.91. The van der Waals surface area contributed by atoms with E-state index in [9.17, 15) is 4.79 Å². The van der Waals surface area contributed by atoms with Gasteiger partial charge < -0.3 is 9.80 Å². The van der Waals surface area contributed by atoms with Crippen molar-refractivity contribution in [3.05, 3.63) is 39.6 Å². The van der Waals surface area contributed by atoms with Gasteiger partial charge in [-0.25, -0.2) is 4.98 Å². The van der Waals surface area contributed by atoms with Gasteiger partial charge in [-0.15, -0.1) is 11.3 Å². The predicted molar refractivity (Wildman–Crippen MR) is 84.2 cm³/mol. The van der Waals surface area contributed by atoms with Crippen LogP contribution >= 0.6 is 22.9 Å². The highest BCUT2D eigenvalue weighted by atomic mass is 35.5. The molecule has 0 bridgehead atoms. The first kappa shape index (κ1) is 14.3. The van der Waals surface area contributed by atoms with Gasteiger partial charge in [0.1, 0.15) is 4.88 Å². The van der Waals surface area contributed by atoms with Crippen LogP contribution in [0.15, 0.2) is 24.0 Å². The predicted octanol–water partition coefficient (Wildman–Crippen LogP) is 2.46. The van der Waals surface area contributed by atoms with Crippen LogP contribution in [-0.4, -0.2) is 47.0 Å². The normalized spacial score (nSPS) is 15.3. The van der Waals surface area contributed by atoms with Crippen molar-refractivity contribution in [3.8, 4) is 0 Å². The molecule has 1 aliphatic rings. The highest BCUT2D eigenvalue weighted by Gasteiger charge is 2.25. The number of hydrogen-bond acceptors (Lipinski definition) is 5. The molecule has 3 heterocycles. The third-order valence-corrected chi connectivity index (χ3v) is 4.81. The van der Waals surface area contributed by atoms with E-state index in [0.29, 0.717) is 18.1 Å². The van der Waals surface area contributed by atoms with Crippen LogP contribution in [0.1, 0.15) is 15.4 Å². The Morgan fingerprint density at radius 1 is 1.33 bits per heavy atom. The fraction of sp³-hybridized carbons (Fsp3) is 0.357. The molecule has 0 radical (unpaired) electrons. The quantitative estimate of drug-likeness (QED) is 0.852. The molecule has 0 spiro atoms. The zero-order valence-electron chi connectivity index (χ0n) is 11.6. The number of nitrogens with zero attached hydrogens (tertiary/aromatic N) is 4. The molecule has 0 aromatic carbocycles. The van der Waals surface area contributed by atoms with Crippen molar-refractivity contribution in [2.45, 2.75) is 6.92 Å². The average molecular weight is 323 g/mol. The largest absolute Gasteiger partial charge is 0.367 e. The van der Waals surface area contributed by atoms with Gasteiger partial charge in [0.2, 0.25) is 0 Å². The number of hydrogen-bond donors (Lipinski definition) is 0. The fourth-order valence-corrected chi connectivity index (χ4v) is 3.43. The maximum atomic E-state index is 12.4. The molecule has 1 saturated heterocycles. The summed E-state index contributed by atoms with van der Waals surface area (Å²) in [5, 5.41) is 0.649. The minimum Gasteiger partial charge on any atom is -0.367 e. The summed E-state index contributed by atoms with van der Waals surface area (Å²) in [5.41, 5.74) is 3.51. The van der Waals surface area contributed by atoms with Gasteiger partial charge in [-0.2, -0.15) is 0 Å². The maximum absolute atomic E-state index is 12.4. The van der Waals surface area contributed by atoms with Crippen molar-refractivity contribution in [2.75, 3.05) is 31.1 Å². The van der Waals surface area contributed by atoms with Crippen molar-refractivity contribution in [1.29, 1.82) is 0 Å². The van der Waals surface area contributed by atoms with Gasteiger partial charge in [-0.3, -0.25) is 9.78 Å². The van der Waals surface area contributed by atoms with E-state index in [2.05, 4.69) is 14.9 Å². The minimum atomic E-state index is 0.0791. The SMILES string of the molecule is Cc1ncsc1C(=O)N1CCN(c2ccncc2Cl)CC1. The van der Waals surface area contributed by atoms with Crippen molar-refractivity contribution >= 4 is 34.5 Å². The number of carbonyl (C=O) groups excluding carboxylic acids is 1. The van der Waals surface area contributed by atoms with Crippen LogP contribution in [0.25, 0.3) is 0 Å². The Labute approximate surface area is 132 Å². The molecule has 110 valence electrons. The molecular formula is C14H15ClN4OS. The molecule has 21 heavy (non-hydrogen) atoms. The topological polar surface area (TPSA) is 49.3 Å². The summed E-state index contributed by atoms with van der Waals surface area (Å²) in [6.07, 6.45) is 3.38. The number of amides is 1. The Balaban J connectivity index is 1.67. The smallest absolute Gasteiger partial charge is 0.265 e. The van der Waals surface area contributed by atoms with Gasteiger partial charge in [0.25, 0.3) is 5.91 Å². The first-order valence-electron chi connectivity index (χ1n) is 6.70. The van der Waals surface area contributed by atoms with Crippen LogP contribution in [-0.2, 0) is 0 Å². The molecule has 5 nitrogen and oxygen atoms in total. The summed E-state index contributed by atoms with van der Waals surface area (Å²) in [5.74, 6) is 0.0791. The summed E-state index contributed by atoms with van der Waals surface area (Å²) in [7, 11) is 0. The number of thiazole rings is 1. The first-order chi connectivity index (χ1) is 10.2. The number of halogens is 1. The molecule has 3 rings (SSSR count). The van der Waals surface area contributed by atoms with Gasteiger partial charge in [0, 0.05) is 38.6 Å². The van der Waals surface area contributed by atoms with Crippen molar-refractivity contribution in [1.82, 2.24) is 14.9 Å². The van der Waals surface area contributed by atoms with E-state index in [1.165, 1.54) is 11.3 Å². The number of anilines is 1. The molecular weight excluding hydrogens is 308 g/mol. The minimum absolute atomic E-state index is 0.0791. The van der Waals surface area contributed by atoms with Crippen molar-refractivity contribution in [2.24, 2.45) is 0 Å². The second kappa shape index (κ2) is 5.99. The maximum Gasteiger partial charge on any atom is 0.265 e. The van der Waals surface area contributed by atoms with Crippen LogP contribution in [0.4, 0.5) is 5.69 Å². The Kier molecular flexibility index (Phi) is 4.07. The number of aryl methyl sites for hydroxylation is 1. The molecule has 0 saturated carbocycles. The Hall–Kier alpha value is -1.66. The monoisotopic (exact) mass is 322 g/mol. The van der Waals surface area contributed by atoms with Crippen LogP contribution < -0.4 is 4.90 Å². The molecule has 0 atom stereocenters. The number of aromatic nitrogens is 2. The highest BCUT2D eigenvalue weighted by molar-refractivity contribution is 7.11. The van der Waals surface area contributed by atoms with Crippen LogP contribution in [0.3, 0.4) is 0 Å². The lowest BCUT2D eigenvalue weighted by Crippen LogP contribution is -2.48. The lowest BCUT2D eigenvalue weighted by molar-refractivity contribution is 0.0750. The van der Waals surface area contributed by atoms with Crippen molar-refractivity contribution < 1.29 is 4.79 Å². The lowest BCUT2D eigenvalue weighted by Gasteiger charge is -2.36. The van der Waals surface area contributed by atoms with Gasteiger partial charge in [-0.1, -0.05) is 11.6 Å². The molecule has 0 unspecified atom stereocenters. The molecule has 2 aromatic heterocycles. The van der Waals surface area contributed by atoms with E-state index in [-0.39, 0.29) is 5.91 Å². The number of piperazine rings is 1. The standard InChI is InChI=1S/C14H15ClN4OS/c1-10-13(21-9-17-10)14(20)19-6-4-18(5-7-19)12-2-3-16-8-11(12)15/h2-3,8-9H,4-7H2,1H3. The number of pyridine rings is 1. The summed E-state index contributed by atoms with van der Waals surface area (Å²) >= 11 is 7.57. The zero-order valence-corrected chi connectivity index (χ0v) is 13.2. The Morgan fingerprint density at radius 3 is 2.71 bits per heavy atom. The number of carbonyl (C=O) groups is 1. The zero-order chi connectivity index (χ0) is 14.8. The van der Waals surface area contributed by atoms with Gasteiger partial charge >= 0.3 is 0 Å². The van der Waals surface area contributed by atoms with Gasteiger partial charge in [0.05, 0.1) is 21.9 Å². The van der Waals surface area contributed by atoms with E-state index < -0.39 is 0 Å². The van der Waals surface area contributed by atoms with E-state index in [0.717, 1.165) is 29.3 Å². The second-order valence-corrected chi connectivity index (χ2v) is 6.14. The lowest BCUT2D eigenvalue weighted by atomic mass is 10.2. The highest BCUT2D eigenvalue weighted by Crippen LogP contribution is 2.25. The third-order valence-electron chi connectivity index (χ3n) is 3.60. The molecule has 0 N–H and O–H groups in total. The first-order valence-corrected chi connectivity index (χ1v) is 7.96. The molecule has 7 heteroatoms. The Morgan fingerprint density at radius 2 is 2.10 bits per heavy atom. The van der Waals surface area contributed by atoms with Crippen LogP contribution in [0.5, 0.6) is 0 Å². The number of rotatable bonds is 2. The molecule has 1 amide bonds. The average Bonchev–Trinajstić information content (AvgIpc) is 2.93. The van der Waals surface area contributed by atoms with Crippen LogP contribution in [0.2, 0.25) is 5.02 Å². The van der Waals surface area contributed by atoms with E-state index in [1.54, 1.807) is 17.9 Å². The molecule has 2 aromatic rings. The second-order valence-electron chi connectivity index (χ2n) is 4.87.